The van der Waals surface area contributed by atoms with Gasteiger partial charge >= 0.3 is 11.9 Å². The third kappa shape index (κ3) is 12.2. The van der Waals surface area contributed by atoms with E-state index < -0.39 is 90.5 Å². The van der Waals surface area contributed by atoms with Crippen molar-refractivity contribution in [1.29, 1.82) is 0 Å². The van der Waals surface area contributed by atoms with Crippen molar-refractivity contribution in [2.24, 2.45) is 17.8 Å². The number of nitrogens with one attached hydrogen (secondary N) is 3. The van der Waals surface area contributed by atoms with Gasteiger partial charge in [-0.05, 0) is 25.7 Å². The van der Waals surface area contributed by atoms with Gasteiger partial charge < -0.3 is 35.6 Å². The summed E-state index contributed by atoms with van der Waals surface area (Å²) in [5, 5.41) is 29.1. The maximum Gasteiger partial charge on any atom is 0.332 e. The van der Waals surface area contributed by atoms with E-state index in [1.54, 1.807) is 20.8 Å². The molecule has 5 N–H and O–H groups in total. The first-order valence-electron chi connectivity index (χ1n) is 15.3. The molecular weight excluding hydrogens is 546 g/mol. The fourth-order valence-corrected chi connectivity index (χ4v) is 4.89. The normalized spacial score (nSPS) is 29.0. The van der Waals surface area contributed by atoms with Crippen molar-refractivity contribution in [1.82, 2.24) is 16.0 Å². The van der Waals surface area contributed by atoms with E-state index in [4.69, 9.17) is 9.47 Å². The summed E-state index contributed by atoms with van der Waals surface area (Å²) in [5.41, 5.74) is 0. The molecule has 3 amide bonds. The summed E-state index contributed by atoms with van der Waals surface area (Å²) in [6.45, 7) is 10.7. The first kappa shape index (κ1) is 37.3. The number of unbranched alkanes of at least 4 members (excludes halogenated alkanes) is 6. The minimum Gasteiger partial charge on any atom is -0.463 e. The lowest BCUT2D eigenvalue weighted by Crippen LogP contribution is -2.60. The molecule has 1 saturated heterocycles. The lowest BCUT2D eigenvalue weighted by Gasteiger charge is -2.32. The summed E-state index contributed by atoms with van der Waals surface area (Å²) in [6, 6.07) is -4.00. The van der Waals surface area contributed by atoms with Crippen LogP contribution in [-0.4, -0.2) is 82.9 Å². The van der Waals surface area contributed by atoms with Crippen molar-refractivity contribution in [3.63, 3.8) is 0 Å². The third-order valence-corrected chi connectivity index (χ3v) is 7.77. The van der Waals surface area contributed by atoms with Crippen LogP contribution in [0.4, 0.5) is 0 Å². The molecule has 0 aromatic rings. The highest BCUT2D eigenvalue weighted by Crippen LogP contribution is 2.25. The highest BCUT2D eigenvalue weighted by Gasteiger charge is 2.39. The Labute approximate surface area is 250 Å². The molecule has 1 aliphatic heterocycles. The van der Waals surface area contributed by atoms with Crippen LogP contribution in [0.3, 0.4) is 0 Å². The molecule has 0 radical (unpaired) electrons. The van der Waals surface area contributed by atoms with Crippen molar-refractivity contribution in [2.75, 3.05) is 6.61 Å². The maximum absolute atomic E-state index is 13.4. The van der Waals surface area contributed by atoms with Gasteiger partial charge in [0.25, 0.3) is 0 Å². The number of hydrogen-bond donors (Lipinski definition) is 5. The molecule has 242 valence electrons. The molecule has 12 heteroatoms. The fourth-order valence-electron chi connectivity index (χ4n) is 4.89. The van der Waals surface area contributed by atoms with Crippen LogP contribution in [0.1, 0.15) is 99.8 Å². The van der Waals surface area contributed by atoms with E-state index in [0.717, 1.165) is 39.0 Å². The molecule has 1 heterocycles. The Bertz CT molecular complexity index is 895. The second-order valence-electron chi connectivity index (χ2n) is 11.8. The highest BCUT2D eigenvalue weighted by atomic mass is 16.6. The molecule has 8 unspecified atom stereocenters. The third-order valence-electron chi connectivity index (χ3n) is 7.77. The highest BCUT2D eigenvalue weighted by molar-refractivity contribution is 5.94. The van der Waals surface area contributed by atoms with E-state index in [1.807, 2.05) is 0 Å². The minimum atomic E-state index is -1.49. The summed E-state index contributed by atoms with van der Waals surface area (Å²) in [7, 11) is 0. The summed E-state index contributed by atoms with van der Waals surface area (Å²) >= 11 is 0. The number of amides is 3. The van der Waals surface area contributed by atoms with E-state index >= 15 is 0 Å². The second-order valence-corrected chi connectivity index (χ2v) is 11.8. The van der Waals surface area contributed by atoms with Crippen molar-refractivity contribution < 1.29 is 43.7 Å². The number of rotatable bonds is 12. The molecule has 0 aromatic heterocycles. The number of cyclic esters (lactones) is 1. The Morgan fingerprint density at radius 2 is 1.43 bits per heavy atom. The molecule has 0 aliphatic carbocycles. The Morgan fingerprint density at radius 3 is 1.98 bits per heavy atom. The van der Waals surface area contributed by atoms with Crippen molar-refractivity contribution in [2.45, 2.75) is 136 Å². The number of aliphatic hydroxyl groups excluding tert-OH is 2. The maximum atomic E-state index is 13.4. The van der Waals surface area contributed by atoms with Gasteiger partial charge in [-0.15, -0.1) is 0 Å². The fraction of sp³-hybridized carbons (Fsp3) is 0.833. The van der Waals surface area contributed by atoms with Gasteiger partial charge in [-0.25, -0.2) is 4.79 Å². The largest absolute Gasteiger partial charge is 0.463 e. The molecule has 0 saturated carbocycles. The summed E-state index contributed by atoms with van der Waals surface area (Å²) in [5.74, 6) is -5.82. The van der Waals surface area contributed by atoms with Crippen LogP contribution in [0.15, 0.2) is 0 Å². The van der Waals surface area contributed by atoms with E-state index in [0.29, 0.717) is 12.8 Å². The Hall–Kier alpha value is -2.73. The molecule has 1 rings (SSSR count). The summed E-state index contributed by atoms with van der Waals surface area (Å²) in [4.78, 5) is 64.4. The average molecular weight is 600 g/mol. The van der Waals surface area contributed by atoms with Gasteiger partial charge in [0.15, 0.2) is 6.04 Å². The number of ether oxygens (including phenoxy) is 2. The molecule has 0 spiro atoms. The zero-order valence-corrected chi connectivity index (χ0v) is 26.3. The minimum absolute atomic E-state index is 0.393. The monoisotopic (exact) mass is 599 g/mol. The molecule has 12 nitrogen and oxygen atoms in total. The molecule has 8 atom stereocenters. The molecule has 1 fully saturated rings. The quantitative estimate of drug-likeness (QED) is 0.165. The van der Waals surface area contributed by atoms with Gasteiger partial charge in [-0.3, -0.25) is 19.2 Å². The van der Waals surface area contributed by atoms with E-state index in [1.165, 1.54) is 20.3 Å². The van der Waals surface area contributed by atoms with Gasteiger partial charge in [0.05, 0.1) is 18.1 Å². The zero-order valence-electron chi connectivity index (χ0n) is 26.3. The standard InChI is InChI=1S/C30H53N3O9/c1-8-9-10-11-12-13-14-15-23-18(4)26(36)19(5)27(37)32-24(17(2)3)28(38)33-25(20(6)34)29(39)31-22(30(40)42-23)16-41-21(7)35/h17-20,22-26,34,36H,8-16H2,1-7H3,(H,31,39)(H,32,37)(H,33,38). The van der Waals surface area contributed by atoms with E-state index in [-0.39, 0.29) is 0 Å². The summed E-state index contributed by atoms with van der Waals surface area (Å²) in [6.07, 6.45) is 4.18. The average Bonchev–Trinajstić information content (AvgIpc) is 2.92. The van der Waals surface area contributed by atoms with Crippen LogP contribution in [0.2, 0.25) is 0 Å². The zero-order chi connectivity index (χ0) is 32.0. The van der Waals surface area contributed by atoms with Crippen molar-refractivity contribution in [3.8, 4) is 0 Å². The second kappa shape index (κ2) is 18.7. The van der Waals surface area contributed by atoms with Crippen molar-refractivity contribution >= 4 is 29.7 Å². The number of hydrogen-bond acceptors (Lipinski definition) is 9. The molecule has 0 bridgehead atoms. The van der Waals surface area contributed by atoms with Gasteiger partial charge in [-0.1, -0.05) is 73.1 Å². The smallest absolute Gasteiger partial charge is 0.332 e. The molecule has 42 heavy (non-hydrogen) atoms. The predicted octanol–water partition coefficient (Wildman–Crippen LogP) is 1.74. The number of carbonyl (C=O) groups is 5. The van der Waals surface area contributed by atoms with Gasteiger partial charge in [0.1, 0.15) is 24.8 Å². The predicted molar refractivity (Wildman–Crippen MR) is 156 cm³/mol. The van der Waals surface area contributed by atoms with Crippen LogP contribution < -0.4 is 16.0 Å². The number of carbonyl (C=O) groups excluding carboxylic acids is 5. The first-order valence-corrected chi connectivity index (χ1v) is 15.3. The Balaban J connectivity index is 3.39. The van der Waals surface area contributed by atoms with E-state index in [2.05, 4.69) is 22.9 Å². The van der Waals surface area contributed by atoms with Gasteiger partial charge in [0.2, 0.25) is 17.7 Å². The Morgan fingerprint density at radius 1 is 0.881 bits per heavy atom. The molecule has 0 aromatic carbocycles. The van der Waals surface area contributed by atoms with Crippen LogP contribution in [0, 0.1) is 17.8 Å². The van der Waals surface area contributed by atoms with Crippen LogP contribution in [0.25, 0.3) is 0 Å². The first-order chi connectivity index (χ1) is 19.7. The van der Waals surface area contributed by atoms with Crippen LogP contribution in [0.5, 0.6) is 0 Å². The topological polar surface area (TPSA) is 180 Å². The van der Waals surface area contributed by atoms with Gasteiger partial charge in [-0.2, -0.15) is 0 Å². The van der Waals surface area contributed by atoms with Crippen LogP contribution in [-0.2, 0) is 33.4 Å². The molecular formula is C30H53N3O9. The number of aliphatic hydroxyl groups is 2. The lowest BCUT2D eigenvalue weighted by molar-refractivity contribution is -0.162. The van der Waals surface area contributed by atoms with E-state index in [9.17, 15) is 34.2 Å². The van der Waals surface area contributed by atoms with Crippen LogP contribution >= 0.6 is 0 Å². The summed E-state index contributed by atoms with van der Waals surface area (Å²) < 4.78 is 10.8. The SMILES string of the molecule is CCCCCCCCCC1OC(=O)C(COC(C)=O)NC(=O)C(C(C)O)NC(=O)C(C(C)C)NC(=O)C(C)C(O)C1C. The molecule has 1 aliphatic rings. The Kier molecular flexibility index (Phi) is 16.6. The van der Waals surface area contributed by atoms with Crippen molar-refractivity contribution in [3.05, 3.63) is 0 Å². The number of esters is 2. The van der Waals surface area contributed by atoms with Gasteiger partial charge in [0, 0.05) is 12.8 Å². The lowest BCUT2D eigenvalue weighted by atomic mass is 9.86.